The van der Waals surface area contributed by atoms with E-state index in [1.54, 1.807) is 0 Å². The molecule has 2 bridgehead atoms. The Balaban J connectivity index is 1.99. The van der Waals surface area contributed by atoms with Gasteiger partial charge in [-0.25, -0.2) is 0 Å². The summed E-state index contributed by atoms with van der Waals surface area (Å²) in [5.41, 5.74) is 3.46. The van der Waals surface area contributed by atoms with Crippen molar-refractivity contribution in [1.29, 1.82) is 0 Å². The van der Waals surface area contributed by atoms with Gasteiger partial charge >= 0.3 is 0 Å². The van der Waals surface area contributed by atoms with Gasteiger partial charge in [-0.15, -0.1) is 0 Å². The fraction of sp³-hybridized carbons (Fsp3) is 0.125. The number of rotatable bonds is 1. The fourth-order valence-electron chi connectivity index (χ4n) is 2.91. The van der Waals surface area contributed by atoms with Crippen LogP contribution in [0, 0.1) is 0 Å². The summed E-state index contributed by atoms with van der Waals surface area (Å²) in [5.74, 6) is 0. The molecular weight excluding hydrogens is 208 g/mol. The zero-order valence-electron chi connectivity index (χ0n) is 9.34. The molecule has 0 spiro atoms. The third-order valence-electron chi connectivity index (χ3n) is 3.69. The van der Waals surface area contributed by atoms with Crippen LogP contribution >= 0.6 is 0 Å². The Kier molecular flexibility index (Phi) is 1.67. The van der Waals surface area contributed by atoms with E-state index < -0.39 is 0 Å². The van der Waals surface area contributed by atoms with Crippen molar-refractivity contribution >= 4 is 0 Å². The monoisotopic (exact) mass is 220 g/mol. The maximum atomic E-state index is 6.21. The summed E-state index contributed by atoms with van der Waals surface area (Å²) < 4.78 is 6.21. The Bertz CT molecular complexity index is 600. The molecule has 82 valence electrons. The van der Waals surface area contributed by atoms with E-state index in [0.29, 0.717) is 0 Å². The van der Waals surface area contributed by atoms with Crippen molar-refractivity contribution in [1.82, 2.24) is 0 Å². The van der Waals surface area contributed by atoms with Gasteiger partial charge in [0.25, 0.3) is 0 Å². The molecule has 4 rings (SSSR count). The van der Waals surface area contributed by atoms with Crippen molar-refractivity contribution in [3.8, 4) is 0 Å². The van der Waals surface area contributed by atoms with Gasteiger partial charge in [-0.1, -0.05) is 60.7 Å². The van der Waals surface area contributed by atoms with Crippen molar-refractivity contribution in [3.05, 3.63) is 83.4 Å². The van der Waals surface area contributed by atoms with Gasteiger partial charge in [0, 0.05) is 0 Å². The fourth-order valence-corrected chi connectivity index (χ4v) is 2.91. The van der Waals surface area contributed by atoms with Gasteiger partial charge in [0.15, 0.2) is 0 Å². The Morgan fingerprint density at radius 2 is 1.65 bits per heavy atom. The lowest BCUT2D eigenvalue weighted by Crippen LogP contribution is -2.22. The maximum absolute atomic E-state index is 6.21. The van der Waals surface area contributed by atoms with Crippen molar-refractivity contribution in [2.24, 2.45) is 0 Å². The molecule has 0 N–H and O–H groups in total. The topological polar surface area (TPSA) is 9.23 Å². The van der Waals surface area contributed by atoms with Crippen LogP contribution in [0.25, 0.3) is 0 Å². The highest BCUT2D eigenvalue weighted by molar-refractivity contribution is 5.54. The van der Waals surface area contributed by atoms with Crippen LogP contribution in [-0.2, 0) is 10.3 Å². The van der Waals surface area contributed by atoms with Crippen LogP contribution in [0.5, 0.6) is 0 Å². The number of hydrogen-bond donors (Lipinski definition) is 0. The van der Waals surface area contributed by atoms with Gasteiger partial charge < -0.3 is 4.74 Å². The molecule has 2 heterocycles. The van der Waals surface area contributed by atoms with Crippen molar-refractivity contribution in [2.45, 2.75) is 11.7 Å². The van der Waals surface area contributed by atoms with Crippen LogP contribution < -0.4 is 0 Å². The van der Waals surface area contributed by atoms with E-state index in [1.807, 2.05) is 6.07 Å². The molecule has 0 radical (unpaired) electrons. The minimum Gasteiger partial charge on any atom is -0.349 e. The molecule has 0 amide bonds. The molecule has 1 nitrogen and oxygen atoms in total. The zero-order chi connectivity index (χ0) is 11.3. The molecule has 0 aromatic heterocycles. The minimum absolute atomic E-state index is 0.131. The standard InChI is InChI=1S/C16H12O/c1-2-6-12(7-3-1)16-11-10-15(17-16)13-8-4-5-9-14(13)16/h1-11,15H/t15-,16-/m0/s1. The normalized spacial score (nSPS) is 28.4. The Hall–Kier alpha value is -1.86. The highest BCUT2D eigenvalue weighted by atomic mass is 16.5. The molecule has 2 atom stereocenters. The summed E-state index contributed by atoms with van der Waals surface area (Å²) in [4.78, 5) is 0. The van der Waals surface area contributed by atoms with E-state index in [-0.39, 0.29) is 11.7 Å². The van der Waals surface area contributed by atoms with Gasteiger partial charge in [0.05, 0.1) is 0 Å². The molecule has 2 aromatic carbocycles. The smallest absolute Gasteiger partial charge is 0.138 e. The molecular formula is C16H12O. The molecule has 1 heteroatoms. The number of hydrogen-bond acceptors (Lipinski definition) is 1. The van der Waals surface area contributed by atoms with Crippen LogP contribution in [0.15, 0.2) is 66.7 Å². The predicted molar refractivity (Wildman–Crippen MR) is 66.6 cm³/mol. The molecule has 0 saturated carbocycles. The quantitative estimate of drug-likeness (QED) is 0.667. The third kappa shape index (κ3) is 1.07. The number of ether oxygens (including phenoxy) is 1. The molecule has 0 fully saturated rings. The zero-order valence-corrected chi connectivity index (χ0v) is 9.34. The minimum atomic E-state index is -0.345. The van der Waals surface area contributed by atoms with Gasteiger partial charge in [-0.3, -0.25) is 0 Å². The number of fused-ring (bicyclic) bond motifs is 5. The summed E-state index contributed by atoms with van der Waals surface area (Å²) in [7, 11) is 0. The summed E-state index contributed by atoms with van der Waals surface area (Å²) >= 11 is 0. The first-order chi connectivity index (χ1) is 8.40. The van der Waals surface area contributed by atoms with E-state index >= 15 is 0 Å². The SMILES string of the molecule is C1=C[C@@]2(c3ccccc3)O[C@@H]1c1ccccc12. The second kappa shape index (κ2) is 3.08. The highest BCUT2D eigenvalue weighted by Crippen LogP contribution is 2.53. The molecule has 2 aromatic rings. The molecule has 0 unspecified atom stereocenters. The molecule has 17 heavy (non-hydrogen) atoms. The van der Waals surface area contributed by atoms with Gasteiger partial charge in [-0.05, 0) is 22.8 Å². The van der Waals surface area contributed by atoms with Gasteiger partial charge in [-0.2, -0.15) is 0 Å². The number of benzene rings is 2. The van der Waals surface area contributed by atoms with Crippen LogP contribution in [0.3, 0.4) is 0 Å². The van der Waals surface area contributed by atoms with E-state index in [2.05, 4.69) is 60.7 Å². The van der Waals surface area contributed by atoms with Gasteiger partial charge in [0.1, 0.15) is 11.7 Å². The van der Waals surface area contributed by atoms with Crippen molar-refractivity contribution < 1.29 is 4.74 Å². The first kappa shape index (κ1) is 9.20. The lowest BCUT2D eigenvalue weighted by Gasteiger charge is -2.24. The van der Waals surface area contributed by atoms with E-state index in [1.165, 1.54) is 16.7 Å². The first-order valence-electron chi connectivity index (χ1n) is 5.92. The van der Waals surface area contributed by atoms with E-state index in [4.69, 9.17) is 4.74 Å². The highest BCUT2D eigenvalue weighted by Gasteiger charge is 2.47. The van der Waals surface area contributed by atoms with E-state index in [9.17, 15) is 0 Å². The molecule has 2 aliphatic heterocycles. The van der Waals surface area contributed by atoms with Crippen LogP contribution in [0.4, 0.5) is 0 Å². The maximum Gasteiger partial charge on any atom is 0.138 e. The summed E-state index contributed by atoms with van der Waals surface area (Å²) in [6.07, 6.45) is 4.48. The molecule has 0 aliphatic carbocycles. The van der Waals surface area contributed by atoms with Crippen molar-refractivity contribution in [2.75, 3.05) is 0 Å². The Morgan fingerprint density at radius 1 is 0.882 bits per heavy atom. The summed E-state index contributed by atoms with van der Waals surface area (Å²) in [6, 6.07) is 18.9. The van der Waals surface area contributed by atoms with Crippen LogP contribution in [-0.4, -0.2) is 0 Å². The van der Waals surface area contributed by atoms with Crippen LogP contribution in [0.2, 0.25) is 0 Å². The van der Waals surface area contributed by atoms with Gasteiger partial charge in [0.2, 0.25) is 0 Å². The lowest BCUT2D eigenvalue weighted by atomic mass is 9.82. The summed E-state index contributed by atoms with van der Waals surface area (Å²) in [6.45, 7) is 0. The molecule has 2 aliphatic rings. The van der Waals surface area contributed by atoms with Crippen molar-refractivity contribution in [3.63, 3.8) is 0 Å². The van der Waals surface area contributed by atoms with E-state index in [0.717, 1.165) is 0 Å². The first-order valence-corrected chi connectivity index (χ1v) is 5.92. The second-order valence-electron chi connectivity index (χ2n) is 4.59. The Labute approximate surface area is 100 Å². The lowest BCUT2D eigenvalue weighted by molar-refractivity contribution is 0.0270. The van der Waals surface area contributed by atoms with Crippen LogP contribution in [0.1, 0.15) is 22.8 Å². The average Bonchev–Trinajstić information content (AvgIpc) is 2.98. The third-order valence-corrected chi connectivity index (χ3v) is 3.69. The molecule has 0 saturated heterocycles. The second-order valence-corrected chi connectivity index (χ2v) is 4.59. The summed E-state index contributed by atoms with van der Waals surface area (Å²) in [5, 5.41) is 0. The Morgan fingerprint density at radius 3 is 2.53 bits per heavy atom. The average molecular weight is 220 g/mol. The largest absolute Gasteiger partial charge is 0.349 e. The predicted octanol–water partition coefficient (Wildman–Crippen LogP) is 3.57.